The molecular weight excluding hydrogens is 511 g/mol. The van der Waals surface area contributed by atoms with Gasteiger partial charge < -0.3 is 10.1 Å². The lowest BCUT2D eigenvalue weighted by Gasteiger charge is -2.12. The number of rotatable bonds is 6. The Morgan fingerprint density at radius 1 is 1.12 bits per heavy atom. The number of anilines is 1. The van der Waals surface area contributed by atoms with E-state index in [-0.39, 0.29) is 15.6 Å². The molecule has 4 nitrogen and oxygen atoms in total. The van der Waals surface area contributed by atoms with Gasteiger partial charge in [0, 0.05) is 10.2 Å². The van der Waals surface area contributed by atoms with E-state index in [9.17, 15) is 10.1 Å². The van der Waals surface area contributed by atoms with Crippen molar-refractivity contribution in [1.82, 2.24) is 0 Å². The maximum Gasteiger partial charge on any atom is 0.266 e. The van der Waals surface area contributed by atoms with Gasteiger partial charge >= 0.3 is 0 Å². The highest BCUT2D eigenvalue weighted by Crippen LogP contribution is 2.35. The highest BCUT2D eigenvalue weighted by Gasteiger charge is 2.14. The van der Waals surface area contributed by atoms with Crippen LogP contribution in [0.25, 0.3) is 6.08 Å². The van der Waals surface area contributed by atoms with Crippen molar-refractivity contribution in [1.29, 1.82) is 5.26 Å². The quantitative estimate of drug-likeness (QED) is 0.265. The molecule has 0 aliphatic heterocycles. The van der Waals surface area contributed by atoms with Gasteiger partial charge in [-0.1, -0.05) is 63.4 Å². The average Bonchev–Trinajstić information content (AvgIpc) is 2.76. The first kappa shape index (κ1) is 23.9. The molecule has 7 heteroatoms. The molecule has 0 aromatic heterocycles. The monoisotopic (exact) mass is 528 g/mol. The minimum absolute atomic E-state index is 0.0680. The molecule has 0 saturated heterocycles. The van der Waals surface area contributed by atoms with Crippen LogP contribution in [0.4, 0.5) is 5.69 Å². The lowest BCUT2D eigenvalue weighted by molar-refractivity contribution is -0.112. The number of nitrogens with one attached hydrogen (secondary N) is 1. The third-order valence-electron chi connectivity index (χ3n) is 4.85. The Balaban J connectivity index is 1.78. The van der Waals surface area contributed by atoms with Crippen LogP contribution in [-0.4, -0.2) is 5.91 Å². The number of halogens is 3. The van der Waals surface area contributed by atoms with Crippen molar-refractivity contribution >= 4 is 56.8 Å². The Morgan fingerprint density at radius 2 is 1.78 bits per heavy atom. The predicted molar refractivity (Wildman–Crippen MR) is 133 cm³/mol. The van der Waals surface area contributed by atoms with Crippen LogP contribution in [0.2, 0.25) is 10.0 Å². The van der Waals surface area contributed by atoms with E-state index >= 15 is 0 Å². The molecule has 32 heavy (non-hydrogen) atoms. The molecule has 3 aromatic carbocycles. The first-order chi connectivity index (χ1) is 15.3. The molecule has 3 aromatic rings. The van der Waals surface area contributed by atoms with Gasteiger partial charge in [-0.3, -0.25) is 4.79 Å². The number of carbonyl (C=O) groups is 1. The second-order valence-corrected chi connectivity index (χ2v) is 8.83. The summed E-state index contributed by atoms with van der Waals surface area (Å²) in [5.74, 6) is -0.171. The van der Waals surface area contributed by atoms with Gasteiger partial charge in [0.25, 0.3) is 5.91 Å². The van der Waals surface area contributed by atoms with E-state index in [0.717, 1.165) is 21.2 Å². The van der Waals surface area contributed by atoms with Gasteiger partial charge in [-0.2, -0.15) is 5.26 Å². The van der Waals surface area contributed by atoms with Gasteiger partial charge in [0.15, 0.2) is 5.75 Å². The summed E-state index contributed by atoms with van der Waals surface area (Å²) in [5.41, 5.74) is 4.05. The highest BCUT2D eigenvalue weighted by atomic mass is 79.9. The Bertz CT molecular complexity index is 1210. The van der Waals surface area contributed by atoms with Gasteiger partial charge in [0.2, 0.25) is 0 Å². The van der Waals surface area contributed by atoms with E-state index in [1.165, 1.54) is 6.08 Å². The van der Waals surface area contributed by atoms with Crippen LogP contribution in [0.1, 0.15) is 22.3 Å². The van der Waals surface area contributed by atoms with E-state index in [4.69, 9.17) is 27.9 Å². The molecule has 1 amide bonds. The fourth-order valence-corrected chi connectivity index (χ4v) is 3.81. The summed E-state index contributed by atoms with van der Waals surface area (Å²) in [6.07, 6.45) is 1.44. The summed E-state index contributed by atoms with van der Waals surface area (Å²) in [4.78, 5) is 12.6. The van der Waals surface area contributed by atoms with Crippen LogP contribution in [0, 0.1) is 25.2 Å². The molecule has 0 heterocycles. The SMILES string of the molecule is Cc1cccc(NC(=O)/C(C#N)=C/c2cc(Cl)c(OCc3ccc(Br)cc3)c(Cl)c2)c1C. The van der Waals surface area contributed by atoms with Crippen molar-refractivity contribution in [2.45, 2.75) is 20.5 Å². The van der Waals surface area contributed by atoms with Gasteiger partial charge in [-0.15, -0.1) is 0 Å². The molecule has 0 saturated carbocycles. The molecule has 162 valence electrons. The summed E-state index contributed by atoms with van der Waals surface area (Å²) in [5, 5.41) is 12.9. The van der Waals surface area contributed by atoms with Gasteiger partial charge in [0.1, 0.15) is 18.2 Å². The van der Waals surface area contributed by atoms with Crippen molar-refractivity contribution in [3.63, 3.8) is 0 Å². The standard InChI is InChI=1S/C25H19BrCl2N2O2/c1-15-4-3-5-23(16(15)2)30-25(31)19(13-29)10-18-11-21(27)24(22(28)12-18)32-14-17-6-8-20(26)9-7-17/h3-12H,14H2,1-2H3,(H,30,31)/b19-10+. The second-order valence-electron chi connectivity index (χ2n) is 7.10. The molecule has 0 atom stereocenters. The van der Waals surface area contributed by atoms with Crippen molar-refractivity contribution in [2.24, 2.45) is 0 Å². The first-order valence-electron chi connectivity index (χ1n) is 9.64. The molecular formula is C25H19BrCl2N2O2. The zero-order valence-electron chi connectivity index (χ0n) is 17.4. The van der Waals surface area contributed by atoms with Crippen LogP contribution in [-0.2, 0) is 11.4 Å². The number of benzene rings is 3. The summed E-state index contributed by atoms with van der Waals surface area (Å²) in [7, 11) is 0. The number of nitrogens with zero attached hydrogens (tertiary/aromatic N) is 1. The molecule has 0 fully saturated rings. The lowest BCUT2D eigenvalue weighted by atomic mass is 10.1. The predicted octanol–water partition coefficient (Wildman–Crippen LogP) is 7.50. The van der Waals surface area contributed by atoms with E-state index < -0.39 is 5.91 Å². The molecule has 0 bridgehead atoms. The van der Waals surface area contributed by atoms with Gasteiger partial charge in [-0.05, 0) is 72.5 Å². The summed E-state index contributed by atoms with van der Waals surface area (Å²) >= 11 is 16.1. The second kappa shape index (κ2) is 10.7. The summed E-state index contributed by atoms with van der Waals surface area (Å²) in [6.45, 7) is 4.16. The van der Waals surface area contributed by atoms with Crippen LogP contribution < -0.4 is 10.1 Å². The largest absolute Gasteiger partial charge is 0.486 e. The van der Waals surface area contributed by atoms with Crippen molar-refractivity contribution in [3.8, 4) is 11.8 Å². The number of aryl methyl sites for hydroxylation is 1. The number of hydrogen-bond acceptors (Lipinski definition) is 3. The van der Waals surface area contributed by atoms with Crippen LogP contribution in [0.5, 0.6) is 5.75 Å². The van der Waals surface area contributed by atoms with Crippen LogP contribution >= 0.6 is 39.1 Å². The Labute approximate surface area is 205 Å². The molecule has 3 rings (SSSR count). The fraction of sp³-hybridized carbons (Fsp3) is 0.120. The molecule has 0 spiro atoms. The molecule has 0 unspecified atom stereocenters. The van der Waals surface area contributed by atoms with Gasteiger partial charge in [-0.25, -0.2) is 0 Å². The van der Waals surface area contributed by atoms with Crippen LogP contribution in [0.15, 0.2) is 64.6 Å². The Hall–Kier alpha value is -2.78. The van der Waals surface area contributed by atoms with Gasteiger partial charge in [0.05, 0.1) is 10.0 Å². The first-order valence-corrected chi connectivity index (χ1v) is 11.2. The summed E-state index contributed by atoms with van der Waals surface area (Å²) < 4.78 is 6.76. The number of ether oxygens (including phenoxy) is 1. The zero-order chi connectivity index (χ0) is 23.3. The molecule has 1 N–H and O–H groups in total. The van der Waals surface area contributed by atoms with E-state index in [1.54, 1.807) is 18.2 Å². The smallest absolute Gasteiger partial charge is 0.266 e. The maximum absolute atomic E-state index is 12.6. The van der Waals surface area contributed by atoms with E-state index in [2.05, 4.69) is 21.2 Å². The third kappa shape index (κ3) is 5.92. The molecule has 0 radical (unpaired) electrons. The Morgan fingerprint density at radius 3 is 2.41 bits per heavy atom. The lowest BCUT2D eigenvalue weighted by Crippen LogP contribution is -2.14. The zero-order valence-corrected chi connectivity index (χ0v) is 20.5. The van der Waals surface area contributed by atoms with Crippen LogP contribution in [0.3, 0.4) is 0 Å². The average molecular weight is 530 g/mol. The third-order valence-corrected chi connectivity index (χ3v) is 5.94. The fourth-order valence-electron chi connectivity index (χ4n) is 2.93. The normalized spacial score (nSPS) is 11.1. The van der Waals surface area contributed by atoms with Crippen molar-refractivity contribution in [2.75, 3.05) is 5.32 Å². The highest BCUT2D eigenvalue weighted by molar-refractivity contribution is 9.10. The summed E-state index contributed by atoms with van der Waals surface area (Å²) in [6, 6.07) is 18.4. The maximum atomic E-state index is 12.6. The molecule has 0 aliphatic rings. The minimum atomic E-state index is -0.510. The van der Waals surface area contributed by atoms with Crippen molar-refractivity contribution in [3.05, 3.63) is 96.9 Å². The number of amides is 1. The molecule has 0 aliphatic carbocycles. The van der Waals surface area contributed by atoms with E-state index in [1.807, 2.05) is 56.3 Å². The topological polar surface area (TPSA) is 62.1 Å². The number of hydrogen-bond donors (Lipinski definition) is 1. The number of carbonyl (C=O) groups excluding carboxylic acids is 1. The Kier molecular flexibility index (Phi) is 7.98. The number of nitriles is 1. The van der Waals surface area contributed by atoms with Crippen molar-refractivity contribution < 1.29 is 9.53 Å². The minimum Gasteiger partial charge on any atom is -0.486 e. The van der Waals surface area contributed by atoms with E-state index in [0.29, 0.717) is 23.6 Å².